The highest BCUT2D eigenvalue weighted by molar-refractivity contribution is 6.05. The zero-order valence-corrected chi connectivity index (χ0v) is 14.3. The highest BCUT2D eigenvalue weighted by Gasteiger charge is 2.20. The van der Waals surface area contributed by atoms with Crippen LogP contribution in [0.1, 0.15) is 32.0 Å². The predicted octanol–water partition coefficient (Wildman–Crippen LogP) is 1.82. The van der Waals surface area contributed by atoms with Gasteiger partial charge < -0.3 is 15.0 Å². The molecule has 25 heavy (non-hydrogen) atoms. The molecule has 0 aliphatic carbocycles. The zero-order valence-electron chi connectivity index (χ0n) is 14.3. The SMILES string of the molecule is Cc1cc(C(=O)Nc2ccc(C)c(C(=O)N3CCOCC3)c2)cnn1. The molecule has 2 heterocycles. The molecule has 1 aromatic carbocycles. The largest absolute Gasteiger partial charge is 0.378 e. The second kappa shape index (κ2) is 7.40. The van der Waals surface area contributed by atoms with Crippen LogP contribution in [-0.2, 0) is 4.74 Å². The van der Waals surface area contributed by atoms with E-state index in [0.29, 0.717) is 48.8 Å². The molecule has 1 saturated heterocycles. The molecule has 7 nitrogen and oxygen atoms in total. The number of hydrogen-bond acceptors (Lipinski definition) is 5. The van der Waals surface area contributed by atoms with Gasteiger partial charge in [-0.3, -0.25) is 9.59 Å². The van der Waals surface area contributed by atoms with Crippen molar-refractivity contribution < 1.29 is 14.3 Å². The molecule has 1 aliphatic heterocycles. The standard InChI is InChI=1S/C18H20N4O3/c1-12-3-4-15(20-17(23)14-9-13(2)21-19-11-14)10-16(12)18(24)22-5-7-25-8-6-22/h3-4,9-11H,5-8H2,1-2H3,(H,20,23). The highest BCUT2D eigenvalue weighted by atomic mass is 16.5. The maximum atomic E-state index is 12.7. The van der Waals surface area contributed by atoms with Gasteiger partial charge in [0.2, 0.25) is 0 Å². The van der Waals surface area contributed by atoms with Crippen molar-refractivity contribution in [3.8, 4) is 0 Å². The van der Waals surface area contributed by atoms with Crippen LogP contribution in [0.2, 0.25) is 0 Å². The van der Waals surface area contributed by atoms with Crippen LogP contribution in [0.5, 0.6) is 0 Å². The van der Waals surface area contributed by atoms with Gasteiger partial charge in [-0.15, -0.1) is 0 Å². The Hall–Kier alpha value is -2.80. The summed E-state index contributed by atoms with van der Waals surface area (Å²) in [4.78, 5) is 26.8. The van der Waals surface area contributed by atoms with E-state index in [1.807, 2.05) is 13.0 Å². The number of carbonyl (C=O) groups excluding carboxylic acids is 2. The van der Waals surface area contributed by atoms with Crippen molar-refractivity contribution in [3.05, 3.63) is 52.8 Å². The average Bonchev–Trinajstić information content (AvgIpc) is 2.63. The molecule has 0 atom stereocenters. The van der Waals surface area contributed by atoms with E-state index in [2.05, 4.69) is 15.5 Å². The lowest BCUT2D eigenvalue weighted by Crippen LogP contribution is -2.41. The van der Waals surface area contributed by atoms with Crippen LogP contribution in [0.4, 0.5) is 5.69 Å². The number of anilines is 1. The second-order valence-electron chi connectivity index (χ2n) is 5.97. The molecule has 1 N–H and O–H groups in total. The fraction of sp³-hybridized carbons (Fsp3) is 0.333. The summed E-state index contributed by atoms with van der Waals surface area (Å²) in [5, 5.41) is 10.4. The first-order chi connectivity index (χ1) is 12.0. The van der Waals surface area contributed by atoms with Crippen molar-refractivity contribution in [1.29, 1.82) is 0 Å². The van der Waals surface area contributed by atoms with Gasteiger partial charge in [0.1, 0.15) is 0 Å². The van der Waals surface area contributed by atoms with E-state index in [4.69, 9.17) is 4.74 Å². The zero-order chi connectivity index (χ0) is 17.8. The molecule has 1 fully saturated rings. The maximum Gasteiger partial charge on any atom is 0.257 e. The number of nitrogens with zero attached hydrogens (tertiary/aromatic N) is 3. The lowest BCUT2D eigenvalue weighted by molar-refractivity contribution is 0.0302. The Bertz CT molecular complexity index is 801. The Morgan fingerprint density at radius 2 is 1.92 bits per heavy atom. The van der Waals surface area contributed by atoms with Gasteiger partial charge in [-0.1, -0.05) is 6.07 Å². The topological polar surface area (TPSA) is 84.4 Å². The maximum absolute atomic E-state index is 12.7. The number of amides is 2. The molecule has 7 heteroatoms. The van der Waals surface area contributed by atoms with Crippen molar-refractivity contribution in [3.63, 3.8) is 0 Å². The smallest absolute Gasteiger partial charge is 0.257 e. The van der Waals surface area contributed by atoms with Gasteiger partial charge in [0, 0.05) is 24.3 Å². The number of nitrogens with one attached hydrogen (secondary N) is 1. The van der Waals surface area contributed by atoms with E-state index in [-0.39, 0.29) is 11.8 Å². The Morgan fingerprint density at radius 1 is 1.16 bits per heavy atom. The summed E-state index contributed by atoms with van der Waals surface area (Å²) >= 11 is 0. The first kappa shape index (κ1) is 17.0. The van der Waals surface area contributed by atoms with E-state index in [9.17, 15) is 9.59 Å². The molecular formula is C18H20N4O3. The summed E-state index contributed by atoms with van der Waals surface area (Å²) in [5.74, 6) is -0.329. The van der Waals surface area contributed by atoms with Gasteiger partial charge in [0.05, 0.1) is 30.7 Å². The van der Waals surface area contributed by atoms with Crippen molar-refractivity contribution in [1.82, 2.24) is 15.1 Å². The number of rotatable bonds is 3. The first-order valence-electron chi connectivity index (χ1n) is 8.13. The minimum absolute atomic E-state index is 0.0432. The molecule has 3 rings (SSSR count). The number of carbonyl (C=O) groups is 2. The number of aryl methyl sites for hydroxylation is 2. The van der Waals surface area contributed by atoms with Crippen LogP contribution in [0.25, 0.3) is 0 Å². The summed E-state index contributed by atoms with van der Waals surface area (Å²) < 4.78 is 5.29. The normalized spacial score (nSPS) is 14.2. The van der Waals surface area contributed by atoms with Gasteiger partial charge in [-0.25, -0.2) is 0 Å². The lowest BCUT2D eigenvalue weighted by atomic mass is 10.1. The highest BCUT2D eigenvalue weighted by Crippen LogP contribution is 2.19. The van der Waals surface area contributed by atoms with E-state index in [0.717, 1.165) is 5.56 Å². The van der Waals surface area contributed by atoms with Crippen LogP contribution < -0.4 is 5.32 Å². The number of ether oxygens (including phenoxy) is 1. The van der Waals surface area contributed by atoms with Crippen molar-refractivity contribution in [2.75, 3.05) is 31.6 Å². The lowest BCUT2D eigenvalue weighted by Gasteiger charge is -2.27. The minimum Gasteiger partial charge on any atom is -0.378 e. The number of morpholine rings is 1. The van der Waals surface area contributed by atoms with E-state index < -0.39 is 0 Å². The third kappa shape index (κ3) is 4.00. The molecule has 2 aromatic rings. The summed E-state index contributed by atoms with van der Waals surface area (Å²) in [6.45, 7) is 5.92. The summed E-state index contributed by atoms with van der Waals surface area (Å²) in [5.41, 5.74) is 3.12. The molecule has 0 saturated carbocycles. The van der Waals surface area contributed by atoms with Gasteiger partial charge in [-0.05, 0) is 37.6 Å². The van der Waals surface area contributed by atoms with Crippen LogP contribution in [0.3, 0.4) is 0 Å². The van der Waals surface area contributed by atoms with Crippen molar-refractivity contribution in [2.45, 2.75) is 13.8 Å². The predicted molar refractivity (Wildman–Crippen MR) is 92.6 cm³/mol. The average molecular weight is 340 g/mol. The molecule has 2 amide bonds. The summed E-state index contributed by atoms with van der Waals surface area (Å²) in [6, 6.07) is 6.99. The monoisotopic (exact) mass is 340 g/mol. The number of benzene rings is 1. The molecular weight excluding hydrogens is 320 g/mol. The first-order valence-corrected chi connectivity index (χ1v) is 8.13. The van der Waals surface area contributed by atoms with Gasteiger partial charge in [-0.2, -0.15) is 10.2 Å². The fourth-order valence-corrected chi connectivity index (χ4v) is 2.67. The van der Waals surface area contributed by atoms with Crippen LogP contribution in [0, 0.1) is 13.8 Å². The molecule has 0 unspecified atom stereocenters. The number of hydrogen-bond donors (Lipinski definition) is 1. The fourth-order valence-electron chi connectivity index (χ4n) is 2.67. The number of aromatic nitrogens is 2. The molecule has 0 spiro atoms. The second-order valence-corrected chi connectivity index (χ2v) is 5.97. The Kier molecular flexibility index (Phi) is 5.04. The van der Waals surface area contributed by atoms with Gasteiger partial charge >= 0.3 is 0 Å². The molecule has 0 bridgehead atoms. The Morgan fingerprint density at radius 3 is 2.64 bits per heavy atom. The van der Waals surface area contributed by atoms with Crippen LogP contribution >= 0.6 is 0 Å². The summed E-state index contributed by atoms with van der Waals surface area (Å²) in [7, 11) is 0. The quantitative estimate of drug-likeness (QED) is 0.921. The van der Waals surface area contributed by atoms with Crippen LogP contribution in [0.15, 0.2) is 30.5 Å². The third-order valence-electron chi connectivity index (χ3n) is 4.06. The third-order valence-corrected chi connectivity index (χ3v) is 4.06. The van der Waals surface area contributed by atoms with E-state index >= 15 is 0 Å². The van der Waals surface area contributed by atoms with Gasteiger partial charge in [0.25, 0.3) is 11.8 Å². The Balaban J connectivity index is 1.79. The molecule has 1 aromatic heterocycles. The summed E-state index contributed by atoms with van der Waals surface area (Å²) in [6.07, 6.45) is 1.41. The van der Waals surface area contributed by atoms with Crippen molar-refractivity contribution >= 4 is 17.5 Å². The Labute approximate surface area is 146 Å². The molecule has 130 valence electrons. The van der Waals surface area contributed by atoms with E-state index in [1.54, 1.807) is 30.0 Å². The minimum atomic E-state index is -0.286. The molecule has 1 aliphatic rings. The van der Waals surface area contributed by atoms with E-state index in [1.165, 1.54) is 6.20 Å². The van der Waals surface area contributed by atoms with Crippen LogP contribution in [-0.4, -0.2) is 53.2 Å². The van der Waals surface area contributed by atoms with Gasteiger partial charge in [0.15, 0.2) is 0 Å². The molecule has 0 radical (unpaired) electrons. The van der Waals surface area contributed by atoms with Crippen molar-refractivity contribution in [2.24, 2.45) is 0 Å².